The molecule has 0 aliphatic carbocycles. The van der Waals surface area contributed by atoms with Crippen molar-refractivity contribution in [1.82, 2.24) is 10.2 Å². The van der Waals surface area contributed by atoms with Crippen LogP contribution in [0.5, 0.6) is 0 Å². The van der Waals surface area contributed by atoms with Crippen LogP contribution in [0.4, 0.5) is 5.13 Å². The number of amides is 1. The number of hydrogen-bond donors (Lipinski definition) is 0. The summed E-state index contributed by atoms with van der Waals surface area (Å²) in [7, 11) is 0. The Kier molecular flexibility index (Phi) is 3.72. The maximum absolute atomic E-state index is 11.5. The van der Waals surface area contributed by atoms with Crippen molar-refractivity contribution in [3.05, 3.63) is 29.8 Å². The first-order valence-corrected chi connectivity index (χ1v) is 6.62. The fourth-order valence-corrected chi connectivity index (χ4v) is 2.78. The Hall–Kier alpha value is -1.75. The Balaban J connectivity index is 2.36. The van der Waals surface area contributed by atoms with Crippen LogP contribution >= 0.6 is 11.3 Å². The topological polar surface area (TPSA) is 46.1 Å². The molecule has 0 aliphatic rings. The second-order valence-corrected chi connectivity index (χ2v) is 4.92. The highest BCUT2D eigenvalue weighted by Gasteiger charge is 2.16. The molecule has 0 unspecified atom stereocenters. The molecule has 1 heterocycles. The molecule has 0 radical (unpaired) electrons. The van der Waals surface area contributed by atoms with Crippen LogP contribution in [0.2, 0.25) is 0 Å². The molecule has 0 saturated carbocycles. The summed E-state index contributed by atoms with van der Waals surface area (Å²) in [4.78, 5) is 13.1. The average Bonchev–Trinajstić information content (AvgIpc) is 2.79. The van der Waals surface area contributed by atoms with Gasteiger partial charge in [-0.1, -0.05) is 35.6 Å². The van der Waals surface area contributed by atoms with E-state index in [0.29, 0.717) is 11.7 Å². The minimum absolute atomic E-state index is 0.00927. The quantitative estimate of drug-likeness (QED) is 0.853. The number of nitrogens with zero attached hydrogens (tertiary/aromatic N) is 3. The predicted octanol–water partition coefficient (Wildman–Crippen LogP) is 2.89. The van der Waals surface area contributed by atoms with Gasteiger partial charge < -0.3 is 0 Å². The van der Waals surface area contributed by atoms with Crippen LogP contribution in [0.25, 0.3) is 10.6 Å². The van der Waals surface area contributed by atoms with Crippen LogP contribution in [0.3, 0.4) is 0 Å². The van der Waals surface area contributed by atoms with Crippen molar-refractivity contribution < 1.29 is 4.79 Å². The van der Waals surface area contributed by atoms with E-state index in [1.165, 1.54) is 11.3 Å². The van der Waals surface area contributed by atoms with E-state index < -0.39 is 0 Å². The molecule has 0 N–H and O–H groups in total. The Morgan fingerprint density at radius 1 is 1.33 bits per heavy atom. The van der Waals surface area contributed by atoms with E-state index in [1.54, 1.807) is 11.8 Å². The lowest BCUT2D eigenvalue weighted by Crippen LogP contribution is -2.27. The Bertz CT molecular complexity index is 565. The third kappa shape index (κ3) is 2.41. The van der Waals surface area contributed by atoms with Gasteiger partial charge in [-0.2, -0.15) is 0 Å². The van der Waals surface area contributed by atoms with E-state index in [0.717, 1.165) is 16.1 Å². The molecular weight excluding hydrogens is 246 g/mol. The summed E-state index contributed by atoms with van der Waals surface area (Å²) < 4.78 is 0. The summed E-state index contributed by atoms with van der Waals surface area (Å²) in [5.41, 5.74) is 2.23. The molecule has 1 amide bonds. The first-order valence-electron chi connectivity index (χ1n) is 5.81. The average molecular weight is 261 g/mol. The lowest BCUT2D eigenvalue weighted by atomic mass is 10.1. The molecule has 5 heteroatoms. The van der Waals surface area contributed by atoms with E-state index >= 15 is 0 Å². The minimum atomic E-state index is -0.00927. The van der Waals surface area contributed by atoms with Crippen molar-refractivity contribution in [3.8, 4) is 10.6 Å². The molecule has 0 atom stereocenters. The van der Waals surface area contributed by atoms with Crippen molar-refractivity contribution in [2.24, 2.45) is 0 Å². The first-order chi connectivity index (χ1) is 8.63. The van der Waals surface area contributed by atoms with Gasteiger partial charge in [0.25, 0.3) is 0 Å². The minimum Gasteiger partial charge on any atom is -0.287 e. The Morgan fingerprint density at radius 2 is 2.06 bits per heavy atom. The van der Waals surface area contributed by atoms with Crippen LogP contribution in [-0.2, 0) is 4.79 Å². The van der Waals surface area contributed by atoms with E-state index in [9.17, 15) is 4.79 Å². The third-order valence-electron chi connectivity index (χ3n) is 2.72. The second kappa shape index (κ2) is 5.27. The number of carbonyl (C=O) groups excluding carboxylic acids is 1. The number of rotatable bonds is 3. The molecule has 2 rings (SSSR count). The summed E-state index contributed by atoms with van der Waals surface area (Å²) >= 11 is 1.44. The van der Waals surface area contributed by atoms with Crippen molar-refractivity contribution in [2.45, 2.75) is 20.8 Å². The molecule has 0 bridgehead atoms. The summed E-state index contributed by atoms with van der Waals surface area (Å²) in [5, 5.41) is 9.78. The zero-order valence-corrected chi connectivity index (χ0v) is 11.5. The van der Waals surface area contributed by atoms with Gasteiger partial charge in [0.1, 0.15) is 5.01 Å². The van der Waals surface area contributed by atoms with Gasteiger partial charge in [-0.25, -0.2) is 0 Å². The molecule has 0 fully saturated rings. The molecule has 0 aliphatic heterocycles. The van der Waals surface area contributed by atoms with Crippen LogP contribution in [0.15, 0.2) is 24.3 Å². The van der Waals surface area contributed by atoms with Gasteiger partial charge in [0.05, 0.1) is 0 Å². The molecule has 1 aromatic carbocycles. The van der Waals surface area contributed by atoms with Gasteiger partial charge >= 0.3 is 0 Å². The van der Waals surface area contributed by atoms with Gasteiger partial charge in [0.15, 0.2) is 0 Å². The number of carbonyl (C=O) groups is 1. The standard InChI is InChI=1S/C13H15N3OS/c1-4-16(10(3)17)13-15-14-12(18-13)11-8-6-5-7-9(11)2/h5-8H,4H2,1-3H3. The largest absolute Gasteiger partial charge is 0.287 e. The van der Waals surface area contributed by atoms with Gasteiger partial charge in [-0.3, -0.25) is 9.69 Å². The Labute approximate surface area is 110 Å². The third-order valence-corrected chi connectivity index (χ3v) is 3.70. The number of hydrogen-bond acceptors (Lipinski definition) is 4. The van der Waals surface area contributed by atoms with E-state index in [-0.39, 0.29) is 5.91 Å². The monoisotopic (exact) mass is 261 g/mol. The molecule has 18 heavy (non-hydrogen) atoms. The zero-order chi connectivity index (χ0) is 13.1. The number of aromatic nitrogens is 2. The highest BCUT2D eigenvalue weighted by atomic mass is 32.1. The van der Waals surface area contributed by atoms with Gasteiger partial charge in [0, 0.05) is 19.0 Å². The Morgan fingerprint density at radius 3 is 2.67 bits per heavy atom. The smallest absolute Gasteiger partial charge is 0.225 e. The van der Waals surface area contributed by atoms with Gasteiger partial charge in [0.2, 0.25) is 11.0 Å². The van der Waals surface area contributed by atoms with Crippen LogP contribution in [0, 0.1) is 6.92 Å². The maximum Gasteiger partial charge on any atom is 0.225 e. The SMILES string of the molecule is CCN(C(C)=O)c1nnc(-c2ccccc2C)s1. The first kappa shape index (κ1) is 12.7. The molecular formula is C13H15N3OS. The molecule has 1 aromatic heterocycles. The summed E-state index contributed by atoms with van der Waals surface area (Å²) in [6, 6.07) is 8.03. The highest BCUT2D eigenvalue weighted by Crippen LogP contribution is 2.30. The second-order valence-electron chi connectivity index (χ2n) is 3.97. The molecule has 0 saturated heterocycles. The normalized spacial score (nSPS) is 10.4. The summed E-state index contributed by atoms with van der Waals surface area (Å²) in [5.74, 6) is -0.00927. The lowest BCUT2D eigenvalue weighted by molar-refractivity contribution is -0.116. The van der Waals surface area contributed by atoms with Crippen molar-refractivity contribution >= 4 is 22.4 Å². The molecule has 2 aromatic rings. The van der Waals surface area contributed by atoms with Crippen LogP contribution in [0.1, 0.15) is 19.4 Å². The zero-order valence-electron chi connectivity index (χ0n) is 10.7. The van der Waals surface area contributed by atoms with Gasteiger partial charge in [-0.05, 0) is 19.4 Å². The van der Waals surface area contributed by atoms with E-state index in [2.05, 4.69) is 10.2 Å². The van der Waals surface area contributed by atoms with Gasteiger partial charge in [-0.15, -0.1) is 10.2 Å². The molecule has 4 nitrogen and oxygen atoms in total. The van der Waals surface area contributed by atoms with Crippen molar-refractivity contribution in [1.29, 1.82) is 0 Å². The number of aryl methyl sites for hydroxylation is 1. The molecule has 94 valence electrons. The summed E-state index contributed by atoms with van der Waals surface area (Å²) in [6.45, 7) is 6.12. The maximum atomic E-state index is 11.5. The summed E-state index contributed by atoms with van der Waals surface area (Å²) in [6.07, 6.45) is 0. The van der Waals surface area contributed by atoms with Crippen molar-refractivity contribution in [2.75, 3.05) is 11.4 Å². The van der Waals surface area contributed by atoms with Crippen LogP contribution in [-0.4, -0.2) is 22.6 Å². The predicted molar refractivity (Wildman–Crippen MR) is 73.8 cm³/mol. The number of benzene rings is 1. The highest BCUT2D eigenvalue weighted by molar-refractivity contribution is 7.18. The number of anilines is 1. The fourth-order valence-electron chi connectivity index (χ4n) is 1.74. The fraction of sp³-hybridized carbons (Fsp3) is 0.308. The van der Waals surface area contributed by atoms with Crippen LogP contribution < -0.4 is 4.90 Å². The molecule has 0 spiro atoms. The van der Waals surface area contributed by atoms with Crippen molar-refractivity contribution in [3.63, 3.8) is 0 Å². The lowest BCUT2D eigenvalue weighted by Gasteiger charge is -2.13. The van der Waals surface area contributed by atoms with E-state index in [4.69, 9.17) is 0 Å². The van der Waals surface area contributed by atoms with E-state index in [1.807, 2.05) is 38.1 Å².